The van der Waals surface area contributed by atoms with Crippen LogP contribution in [0.3, 0.4) is 0 Å². The van der Waals surface area contributed by atoms with Crippen molar-refractivity contribution in [3.63, 3.8) is 0 Å². The second kappa shape index (κ2) is 7.17. The molecule has 3 rings (SSSR count). The quantitative estimate of drug-likeness (QED) is 0.694. The maximum Gasteiger partial charge on any atom is 0.263 e. The largest absolute Gasteiger partial charge is 0.354 e. The molecule has 3 aromatic rings. The van der Waals surface area contributed by atoms with Crippen LogP contribution in [0.2, 0.25) is 0 Å². The van der Waals surface area contributed by atoms with Gasteiger partial charge in [-0.15, -0.1) is 0 Å². The van der Waals surface area contributed by atoms with Crippen LogP contribution in [0.1, 0.15) is 16.7 Å². The van der Waals surface area contributed by atoms with Crippen LogP contribution in [-0.4, -0.2) is 13.4 Å². The molecule has 0 aliphatic rings. The Morgan fingerprint density at radius 2 is 1.46 bits per heavy atom. The molecule has 6 heteroatoms. The smallest absolute Gasteiger partial charge is 0.263 e. The summed E-state index contributed by atoms with van der Waals surface area (Å²) in [6.45, 7) is 5.83. The van der Waals surface area contributed by atoms with E-state index in [1.54, 1.807) is 49.5 Å². The second-order valence-electron chi connectivity index (χ2n) is 6.19. The van der Waals surface area contributed by atoms with Crippen molar-refractivity contribution < 1.29 is 8.42 Å². The number of nitrogens with one attached hydrogen (secondary N) is 2. The van der Waals surface area contributed by atoms with Crippen molar-refractivity contribution in [3.8, 4) is 0 Å². The minimum Gasteiger partial charge on any atom is -0.354 e. The van der Waals surface area contributed by atoms with E-state index >= 15 is 0 Å². The molecule has 0 aliphatic heterocycles. The van der Waals surface area contributed by atoms with Crippen molar-refractivity contribution in [1.82, 2.24) is 4.98 Å². The third-order valence-electron chi connectivity index (χ3n) is 4.14. The predicted octanol–water partition coefficient (Wildman–Crippen LogP) is 4.55. The number of rotatable bonds is 5. The van der Waals surface area contributed by atoms with Crippen LogP contribution in [0.4, 0.5) is 17.2 Å². The fraction of sp³-hybridized carbons (Fsp3) is 0.150. The normalized spacial score (nSPS) is 11.2. The van der Waals surface area contributed by atoms with Crippen LogP contribution in [0.25, 0.3) is 0 Å². The highest BCUT2D eigenvalue weighted by molar-refractivity contribution is 7.92. The number of para-hydroxylation sites is 1. The van der Waals surface area contributed by atoms with Gasteiger partial charge in [0.05, 0.1) is 16.8 Å². The van der Waals surface area contributed by atoms with Crippen LogP contribution in [0, 0.1) is 20.8 Å². The fourth-order valence-corrected chi connectivity index (χ4v) is 3.99. The first-order valence-electron chi connectivity index (χ1n) is 8.24. The van der Waals surface area contributed by atoms with E-state index in [-0.39, 0.29) is 10.7 Å². The Bertz CT molecular complexity index is 1010. The fourth-order valence-electron chi connectivity index (χ4n) is 2.73. The summed E-state index contributed by atoms with van der Waals surface area (Å²) < 4.78 is 27.6. The van der Waals surface area contributed by atoms with Gasteiger partial charge in [-0.2, -0.15) is 0 Å². The van der Waals surface area contributed by atoms with Gasteiger partial charge in [-0.25, -0.2) is 13.4 Å². The van der Waals surface area contributed by atoms with Gasteiger partial charge in [0.2, 0.25) is 0 Å². The molecule has 0 fully saturated rings. The van der Waals surface area contributed by atoms with Gasteiger partial charge in [-0.3, -0.25) is 4.72 Å². The molecule has 2 aromatic carbocycles. The van der Waals surface area contributed by atoms with Gasteiger partial charge in [0.1, 0.15) is 5.82 Å². The lowest BCUT2D eigenvalue weighted by Gasteiger charge is -2.13. The number of anilines is 3. The van der Waals surface area contributed by atoms with E-state index in [0.717, 1.165) is 22.5 Å². The van der Waals surface area contributed by atoms with Gasteiger partial charge in [-0.05, 0) is 55.7 Å². The molecule has 0 saturated carbocycles. The summed E-state index contributed by atoms with van der Waals surface area (Å²) >= 11 is 0. The van der Waals surface area contributed by atoms with E-state index in [1.165, 1.54) is 0 Å². The molecule has 1 aromatic heterocycles. The topological polar surface area (TPSA) is 71.1 Å². The highest BCUT2D eigenvalue weighted by Crippen LogP contribution is 2.25. The second-order valence-corrected chi connectivity index (χ2v) is 7.85. The van der Waals surface area contributed by atoms with Crippen molar-refractivity contribution in [2.24, 2.45) is 0 Å². The molecule has 26 heavy (non-hydrogen) atoms. The zero-order chi connectivity index (χ0) is 18.7. The van der Waals surface area contributed by atoms with Crippen molar-refractivity contribution in [1.29, 1.82) is 0 Å². The SMILES string of the molecule is Cc1ccccc1S(=O)(=O)Nc1ccc(Nc2c(C)cccc2C)cn1. The minimum absolute atomic E-state index is 0.250. The summed E-state index contributed by atoms with van der Waals surface area (Å²) in [4.78, 5) is 4.47. The Labute approximate surface area is 154 Å². The lowest BCUT2D eigenvalue weighted by atomic mass is 10.1. The molecular formula is C20H21N3O2S. The van der Waals surface area contributed by atoms with E-state index in [4.69, 9.17) is 0 Å². The molecule has 5 nitrogen and oxygen atoms in total. The molecule has 0 saturated heterocycles. The molecule has 2 N–H and O–H groups in total. The molecule has 0 unspecified atom stereocenters. The first-order chi connectivity index (χ1) is 12.4. The highest BCUT2D eigenvalue weighted by atomic mass is 32.2. The van der Waals surface area contributed by atoms with E-state index in [1.807, 2.05) is 32.0 Å². The Morgan fingerprint density at radius 1 is 0.808 bits per heavy atom. The first kappa shape index (κ1) is 17.9. The summed E-state index contributed by atoms with van der Waals surface area (Å²) in [5.74, 6) is 0.278. The number of sulfonamides is 1. The van der Waals surface area contributed by atoms with Gasteiger partial charge < -0.3 is 5.32 Å². The summed E-state index contributed by atoms with van der Waals surface area (Å²) in [6.07, 6.45) is 1.61. The molecule has 134 valence electrons. The van der Waals surface area contributed by atoms with Gasteiger partial charge in [0.15, 0.2) is 0 Å². The third kappa shape index (κ3) is 3.86. The molecule has 0 aliphatic carbocycles. The molecule has 0 radical (unpaired) electrons. The Hall–Kier alpha value is -2.86. The van der Waals surface area contributed by atoms with Gasteiger partial charge in [0.25, 0.3) is 10.0 Å². The number of aromatic nitrogens is 1. The highest BCUT2D eigenvalue weighted by Gasteiger charge is 2.16. The van der Waals surface area contributed by atoms with E-state index in [0.29, 0.717) is 5.56 Å². The number of nitrogens with zero attached hydrogens (tertiary/aromatic N) is 1. The van der Waals surface area contributed by atoms with Gasteiger partial charge in [0, 0.05) is 5.69 Å². The molecular weight excluding hydrogens is 346 g/mol. The number of aryl methyl sites for hydroxylation is 3. The number of hydrogen-bond acceptors (Lipinski definition) is 4. The Kier molecular flexibility index (Phi) is 4.95. The van der Waals surface area contributed by atoms with Crippen LogP contribution in [0.15, 0.2) is 65.7 Å². The molecule has 0 spiro atoms. The Balaban J connectivity index is 1.79. The van der Waals surface area contributed by atoms with Crippen LogP contribution >= 0.6 is 0 Å². The predicted molar refractivity (Wildman–Crippen MR) is 105 cm³/mol. The first-order valence-corrected chi connectivity index (χ1v) is 9.73. The molecule has 1 heterocycles. The lowest BCUT2D eigenvalue weighted by Crippen LogP contribution is -2.15. The van der Waals surface area contributed by atoms with E-state index in [9.17, 15) is 8.42 Å². The van der Waals surface area contributed by atoms with Crippen LogP contribution in [0.5, 0.6) is 0 Å². The van der Waals surface area contributed by atoms with Crippen LogP contribution < -0.4 is 10.0 Å². The summed E-state index contributed by atoms with van der Waals surface area (Å²) in [7, 11) is -3.66. The molecule has 0 amide bonds. The summed E-state index contributed by atoms with van der Waals surface area (Å²) in [5, 5.41) is 3.33. The van der Waals surface area contributed by atoms with Crippen LogP contribution in [-0.2, 0) is 10.0 Å². The van der Waals surface area contributed by atoms with E-state index < -0.39 is 10.0 Å². The number of pyridine rings is 1. The standard InChI is InChI=1S/C20H21N3O2S/c1-14-7-4-5-10-18(14)26(24,25)23-19-12-11-17(13-21-19)22-20-15(2)8-6-9-16(20)3/h4-13,22H,1-3H3,(H,21,23). The monoisotopic (exact) mass is 367 g/mol. The minimum atomic E-state index is -3.66. The Morgan fingerprint density at radius 3 is 2.08 bits per heavy atom. The van der Waals surface area contributed by atoms with Crippen molar-refractivity contribution in [2.75, 3.05) is 10.0 Å². The van der Waals surface area contributed by atoms with Crippen molar-refractivity contribution in [2.45, 2.75) is 25.7 Å². The molecule has 0 bridgehead atoms. The van der Waals surface area contributed by atoms with Gasteiger partial charge in [-0.1, -0.05) is 36.4 Å². The molecule has 0 atom stereocenters. The lowest BCUT2D eigenvalue weighted by molar-refractivity contribution is 0.600. The maximum absolute atomic E-state index is 12.5. The summed E-state index contributed by atoms with van der Waals surface area (Å²) in [6, 6.07) is 16.4. The zero-order valence-electron chi connectivity index (χ0n) is 14.9. The van der Waals surface area contributed by atoms with Crippen molar-refractivity contribution in [3.05, 3.63) is 77.5 Å². The average molecular weight is 367 g/mol. The average Bonchev–Trinajstić information content (AvgIpc) is 2.60. The number of benzene rings is 2. The van der Waals surface area contributed by atoms with Crippen molar-refractivity contribution >= 4 is 27.2 Å². The summed E-state index contributed by atoms with van der Waals surface area (Å²) in [5.41, 5.74) is 4.78. The van der Waals surface area contributed by atoms with E-state index in [2.05, 4.69) is 15.0 Å². The van der Waals surface area contributed by atoms with Gasteiger partial charge >= 0.3 is 0 Å². The maximum atomic E-state index is 12.5. The zero-order valence-corrected chi connectivity index (χ0v) is 15.8. The third-order valence-corrected chi connectivity index (χ3v) is 5.65. The number of hydrogen-bond donors (Lipinski definition) is 2.